The van der Waals surface area contributed by atoms with Gasteiger partial charge in [0.05, 0.1) is 11.7 Å². The van der Waals surface area contributed by atoms with Crippen molar-refractivity contribution in [2.75, 3.05) is 0 Å². The molecule has 80 valence electrons. The van der Waals surface area contributed by atoms with Gasteiger partial charge in [-0.1, -0.05) is 18.2 Å². The lowest BCUT2D eigenvalue weighted by Gasteiger charge is -2.25. The predicted octanol–water partition coefficient (Wildman–Crippen LogP) is 1.54. The van der Waals surface area contributed by atoms with Crippen LogP contribution in [-0.2, 0) is 11.2 Å². The molecule has 3 heteroatoms. The molecule has 1 aromatic carbocycles. The Labute approximate surface area is 88.7 Å². The van der Waals surface area contributed by atoms with Crippen molar-refractivity contribution in [2.45, 2.75) is 32.0 Å². The average molecular weight is 206 g/mol. The zero-order valence-corrected chi connectivity index (χ0v) is 8.64. The van der Waals surface area contributed by atoms with Gasteiger partial charge in [0.2, 0.25) is 0 Å². The minimum atomic E-state index is -0.437. The molecule has 1 aliphatic heterocycles. The van der Waals surface area contributed by atoms with Gasteiger partial charge in [-0.15, -0.1) is 0 Å². The highest BCUT2D eigenvalue weighted by molar-refractivity contribution is 5.92. The maximum absolute atomic E-state index is 11.6. The van der Waals surface area contributed by atoms with Gasteiger partial charge >= 0.3 is 5.97 Å². The summed E-state index contributed by atoms with van der Waals surface area (Å²) >= 11 is 0. The van der Waals surface area contributed by atoms with Crippen LogP contribution >= 0.6 is 0 Å². The van der Waals surface area contributed by atoms with E-state index in [1.807, 2.05) is 18.2 Å². The summed E-state index contributed by atoms with van der Waals surface area (Å²) in [5, 5.41) is 9.25. The number of hydrogen-bond acceptors (Lipinski definition) is 3. The standard InChI is InChI=1S/C12H14O3/c1-8(13)6-10-7-9-4-2-3-5-11(9)12(14)15-10/h2-5,8,10,13H,6-7H2,1H3. The van der Waals surface area contributed by atoms with Crippen molar-refractivity contribution < 1.29 is 14.6 Å². The number of benzene rings is 1. The molecule has 2 unspecified atom stereocenters. The third-order valence-electron chi connectivity index (χ3n) is 2.56. The molecule has 15 heavy (non-hydrogen) atoms. The first-order valence-electron chi connectivity index (χ1n) is 5.14. The van der Waals surface area contributed by atoms with Gasteiger partial charge in [-0.05, 0) is 18.6 Å². The molecule has 1 N–H and O–H groups in total. The molecule has 0 spiro atoms. The van der Waals surface area contributed by atoms with Crippen LogP contribution in [-0.4, -0.2) is 23.3 Å². The zero-order chi connectivity index (χ0) is 10.8. The van der Waals surface area contributed by atoms with Gasteiger partial charge in [0, 0.05) is 12.8 Å². The van der Waals surface area contributed by atoms with E-state index in [-0.39, 0.29) is 12.1 Å². The Morgan fingerprint density at radius 3 is 3.00 bits per heavy atom. The lowest BCUT2D eigenvalue weighted by Crippen LogP contribution is -2.30. The van der Waals surface area contributed by atoms with E-state index >= 15 is 0 Å². The van der Waals surface area contributed by atoms with E-state index in [4.69, 9.17) is 4.74 Å². The Kier molecular flexibility index (Phi) is 2.73. The normalized spacial score (nSPS) is 21.7. The quantitative estimate of drug-likeness (QED) is 0.746. The third kappa shape index (κ3) is 2.18. The fourth-order valence-corrected chi connectivity index (χ4v) is 1.91. The fourth-order valence-electron chi connectivity index (χ4n) is 1.91. The molecular weight excluding hydrogens is 192 g/mol. The Morgan fingerprint density at radius 1 is 1.53 bits per heavy atom. The summed E-state index contributed by atoms with van der Waals surface area (Å²) in [6, 6.07) is 7.45. The van der Waals surface area contributed by atoms with Crippen LogP contribution in [0.1, 0.15) is 29.3 Å². The van der Waals surface area contributed by atoms with Gasteiger partial charge in [0.1, 0.15) is 6.10 Å². The van der Waals surface area contributed by atoms with E-state index in [1.165, 1.54) is 0 Å². The zero-order valence-electron chi connectivity index (χ0n) is 8.64. The molecule has 0 aromatic heterocycles. The van der Waals surface area contributed by atoms with Gasteiger partial charge < -0.3 is 9.84 Å². The van der Waals surface area contributed by atoms with Crippen molar-refractivity contribution in [2.24, 2.45) is 0 Å². The Balaban J connectivity index is 2.19. The largest absolute Gasteiger partial charge is 0.458 e. The van der Waals surface area contributed by atoms with Crippen LogP contribution in [0.15, 0.2) is 24.3 Å². The second-order valence-electron chi connectivity index (χ2n) is 3.97. The SMILES string of the molecule is CC(O)CC1Cc2ccccc2C(=O)O1. The van der Waals surface area contributed by atoms with E-state index in [1.54, 1.807) is 13.0 Å². The van der Waals surface area contributed by atoms with Crippen LogP contribution < -0.4 is 0 Å². The van der Waals surface area contributed by atoms with E-state index in [0.29, 0.717) is 18.4 Å². The highest BCUT2D eigenvalue weighted by Crippen LogP contribution is 2.22. The van der Waals surface area contributed by atoms with Crippen molar-refractivity contribution in [3.05, 3.63) is 35.4 Å². The van der Waals surface area contributed by atoms with Gasteiger partial charge in [-0.2, -0.15) is 0 Å². The molecule has 0 saturated carbocycles. The second-order valence-corrected chi connectivity index (χ2v) is 3.97. The van der Waals surface area contributed by atoms with Crippen LogP contribution in [0.25, 0.3) is 0 Å². The maximum atomic E-state index is 11.6. The predicted molar refractivity (Wildman–Crippen MR) is 55.6 cm³/mol. The lowest BCUT2D eigenvalue weighted by molar-refractivity contribution is 0.0124. The monoisotopic (exact) mass is 206 g/mol. The summed E-state index contributed by atoms with van der Waals surface area (Å²) in [6.07, 6.45) is 0.577. The number of carbonyl (C=O) groups excluding carboxylic acids is 1. The van der Waals surface area contributed by atoms with Gasteiger partial charge in [0.25, 0.3) is 0 Å². The van der Waals surface area contributed by atoms with Crippen molar-refractivity contribution in [3.63, 3.8) is 0 Å². The van der Waals surface area contributed by atoms with Gasteiger partial charge in [-0.25, -0.2) is 4.79 Å². The van der Waals surface area contributed by atoms with Crippen molar-refractivity contribution >= 4 is 5.97 Å². The summed E-state index contributed by atoms with van der Waals surface area (Å²) in [5.41, 5.74) is 1.67. The molecule has 1 aromatic rings. The summed E-state index contributed by atoms with van der Waals surface area (Å²) in [6.45, 7) is 1.70. The van der Waals surface area contributed by atoms with Crippen LogP contribution in [0.3, 0.4) is 0 Å². The third-order valence-corrected chi connectivity index (χ3v) is 2.56. The first-order chi connectivity index (χ1) is 7.16. The van der Waals surface area contributed by atoms with Crippen molar-refractivity contribution in [3.8, 4) is 0 Å². The minimum absolute atomic E-state index is 0.188. The minimum Gasteiger partial charge on any atom is -0.458 e. The topological polar surface area (TPSA) is 46.5 Å². The number of carbonyl (C=O) groups is 1. The highest BCUT2D eigenvalue weighted by atomic mass is 16.5. The molecule has 0 amide bonds. The van der Waals surface area contributed by atoms with Gasteiger partial charge in [0.15, 0.2) is 0 Å². The van der Waals surface area contributed by atoms with Crippen molar-refractivity contribution in [1.82, 2.24) is 0 Å². The molecule has 1 heterocycles. The first-order valence-corrected chi connectivity index (χ1v) is 5.14. The van der Waals surface area contributed by atoms with Crippen LogP contribution in [0.5, 0.6) is 0 Å². The number of aliphatic hydroxyl groups is 1. The molecule has 0 fully saturated rings. The number of aliphatic hydroxyl groups excluding tert-OH is 1. The number of fused-ring (bicyclic) bond motifs is 1. The summed E-state index contributed by atoms with van der Waals surface area (Å²) in [4.78, 5) is 11.6. The molecule has 1 aliphatic rings. The van der Waals surface area contributed by atoms with E-state index in [9.17, 15) is 9.90 Å². The summed E-state index contributed by atoms with van der Waals surface area (Å²) in [5.74, 6) is -0.275. The molecular formula is C12H14O3. The molecule has 3 nitrogen and oxygen atoms in total. The highest BCUT2D eigenvalue weighted by Gasteiger charge is 2.26. The second kappa shape index (κ2) is 4.03. The van der Waals surface area contributed by atoms with Crippen LogP contribution in [0.2, 0.25) is 0 Å². The van der Waals surface area contributed by atoms with E-state index < -0.39 is 6.10 Å². The fraction of sp³-hybridized carbons (Fsp3) is 0.417. The molecule has 0 aliphatic carbocycles. The van der Waals surface area contributed by atoms with Crippen LogP contribution in [0, 0.1) is 0 Å². The Morgan fingerprint density at radius 2 is 2.27 bits per heavy atom. The molecule has 0 saturated heterocycles. The molecule has 0 bridgehead atoms. The molecule has 2 rings (SSSR count). The van der Waals surface area contributed by atoms with E-state index in [2.05, 4.69) is 0 Å². The Hall–Kier alpha value is -1.35. The van der Waals surface area contributed by atoms with Crippen molar-refractivity contribution in [1.29, 1.82) is 0 Å². The smallest absolute Gasteiger partial charge is 0.338 e. The maximum Gasteiger partial charge on any atom is 0.338 e. The number of ether oxygens (including phenoxy) is 1. The van der Waals surface area contributed by atoms with Gasteiger partial charge in [-0.3, -0.25) is 0 Å². The van der Waals surface area contributed by atoms with Crippen LogP contribution in [0.4, 0.5) is 0 Å². The molecule has 2 atom stereocenters. The Bertz CT molecular complexity index is 371. The lowest BCUT2D eigenvalue weighted by atomic mass is 9.96. The number of hydrogen-bond donors (Lipinski definition) is 1. The van der Waals surface area contributed by atoms with E-state index in [0.717, 1.165) is 5.56 Å². The molecule has 0 radical (unpaired) electrons. The summed E-state index contributed by atoms with van der Waals surface area (Å²) in [7, 11) is 0. The number of cyclic esters (lactones) is 1. The number of rotatable bonds is 2. The average Bonchev–Trinajstić information content (AvgIpc) is 2.16. The number of esters is 1. The first kappa shape index (κ1) is 10.2. The summed E-state index contributed by atoms with van der Waals surface area (Å²) < 4.78 is 5.22.